The van der Waals surface area contributed by atoms with Crippen LogP contribution < -0.4 is 5.32 Å². The fourth-order valence-electron chi connectivity index (χ4n) is 6.16. The number of ether oxygens (including phenoxy) is 1. The average Bonchev–Trinajstić information content (AvgIpc) is 3.22. The second-order valence-corrected chi connectivity index (χ2v) is 9.72. The van der Waals surface area contributed by atoms with Crippen LogP contribution in [0.2, 0.25) is 0 Å². The summed E-state index contributed by atoms with van der Waals surface area (Å²) >= 11 is 0. The standard InChI is InChI=1S/C26H26N2O5/c29-23(30)20-13-15-9-10-22(20)28(15)24(31)26(11-12-26)27-25(32)33-14-21-18-7-3-1-5-16(18)17-6-2-4-8-19(17)21/h1-8,15,20-22H,9-14H2,(H,27,32)(H,29,30)/t15-,20+,22+/m0/s1. The van der Waals surface area contributed by atoms with Crippen LogP contribution in [0.5, 0.6) is 0 Å². The van der Waals surface area contributed by atoms with Crippen LogP contribution in [0.25, 0.3) is 11.1 Å². The largest absolute Gasteiger partial charge is 0.481 e. The van der Waals surface area contributed by atoms with Gasteiger partial charge in [-0.1, -0.05) is 48.5 Å². The first-order valence-electron chi connectivity index (χ1n) is 11.7. The molecule has 7 heteroatoms. The molecule has 2 saturated heterocycles. The SMILES string of the molecule is O=C(NC1(C(=O)N2[C@H]3CC[C@@H]2[C@H](C(=O)O)C3)CC1)OCC1c2ccccc2-c2ccccc21. The van der Waals surface area contributed by atoms with Gasteiger partial charge in [0.2, 0.25) is 5.91 Å². The fourth-order valence-corrected chi connectivity index (χ4v) is 6.16. The van der Waals surface area contributed by atoms with E-state index in [1.54, 1.807) is 4.90 Å². The molecule has 2 heterocycles. The molecule has 3 atom stereocenters. The minimum atomic E-state index is -0.948. The van der Waals surface area contributed by atoms with Gasteiger partial charge in [0, 0.05) is 18.0 Å². The molecule has 33 heavy (non-hydrogen) atoms. The molecule has 2 bridgehead atoms. The molecule has 2 aliphatic carbocycles. The molecule has 170 valence electrons. The van der Waals surface area contributed by atoms with Gasteiger partial charge in [-0.25, -0.2) is 4.79 Å². The number of nitrogens with zero attached hydrogens (tertiary/aromatic N) is 1. The Morgan fingerprint density at radius 1 is 1.00 bits per heavy atom. The number of benzene rings is 2. The number of fused-ring (bicyclic) bond motifs is 5. The van der Waals surface area contributed by atoms with Crippen LogP contribution in [0.1, 0.15) is 49.1 Å². The van der Waals surface area contributed by atoms with Crippen molar-refractivity contribution in [1.29, 1.82) is 0 Å². The Kier molecular flexibility index (Phi) is 4.50. The average molecular weight is 447 g/mol. The highest BCUT2D eigenvalue weighted by Gasteiger charge is 2.60. The molecular formula is C26H26N2O5. The van der Waals surface area contributed by atoms with Crippen molar-refractivity contribution in [3.63, 3.8) is 0 Å². The third-order valence-corrected chi connectivity index (χ3v) is 7.93. The second kappa shape index (κ2) is 7.33. The Hall–Kier alpha value is -3.35. The lowest BCUT2D eigenvalue weighted by Gasteiger charge is -2.28. The smallest absolute Gasteiger partial charge is 0.408 e. The first-order chi connectivity index (χ1) is 16.0. The van der Waals surface area contributed by atoms with Gasteiger partial charge >= 0.3 is 12.1 Å². The van der Waals surface area contributed by atoms with Crippen LogP contribution in [0.15, 0.2) is 48.5 Å². The molecule has 7 nitrogen and oxygen atoms in total. The first kappa shape index (κ1) is 20.3. The van der Waals surface area contributed by atoms with Gasteiger partial charge in [-0.2, -0.15) is 0 Å². The number of carbonyl (C=O) groups is 3. The van der Waals surface area contributed by atoms with Crippen molar-refractivity contribution >= 4 is 18.0 Å². The summed E-state index contributed by atoms with van der Waals surface area (Å²) in [5, 5.41) is 12.3. The van der Waals surface area contributed by atoms with E-state index in [4.69, 9.17) is 4.74 Å². The zero-order valence-electron chi connectivity index (χ0n) is 18.2. The first-order valence-corrected chi connectivity index (χ1v) is 11.7. The number of alkyl carbamates (subject to hydrolysis) is 1. The predicted molar refractivity (Wildman–Crippen MR) is 120 cm³/mol. The molecule has 2 aliphatic heterocycles. The minimum absolute atomic E-state index is 0.0367. The Balaban J connectivity index is 1.13. The van der Waals surface area contributed by atoms with E-state index >= 15 is 0 Å². The number of rotatable bonds is 5. The summed E-state index contributed by atoms with van der Waals surface area (Å²) in [6.07, 6.45) is 2.58. The summed E-state index contributed by atoms with van der Waals surface area (Å²) < 4.78 is 5.64. The van der Waals surface area contributed by atoms with Crippen LogP contribution in [0.4, 0.5) is 4.79 Å². The maximum atomic E-state index is 13.3. The number of hydrogen-bond acceptors (Lipinski definition) is 4. The van der Waals surface area contributed by atoms with Crippen molar-refractivity contribution in [2.45, 2.75) is 55.6 Å². The number of hydrogen-bond donors (Lipinski definition) is 2. The maximum Gasteiger partial charge on any atom is 0.408 e. The molecule has 0 radical (unpaired) electrons. The zero-order chi connectivity index (χ0) is 22.7. The summed E-state index contributed by atoms with van der Waals surface area (Å²) in [5.74, 6) is -1.53. The van der Waals surface area contributed by atoms with Crippen LogP contribution >= 0.6 is 0 Å². The molecule has 0 spiro atoms. The lowest BCUT2D eigenvalue weighted by molar-refractivity contribution is -0.143. The van der Waals surface area contributed by atoms with Crippen LogP contribution in [-0.2, 0) is 14.3 Å². The lowest BCUT2D eigenvalue weighted by Crippen LogP contribution is -2.53. The Morgan fingerprint density at radius 3 is 2.21 bits per heavy atom. The Labute approximate surface area is 191 Å². The molecule has 4 aliphatic rings. The van der Waals surface area contributed by atoms with Crippen molar-refractivity contribution in [2.24, 2.45) is 5.92 Å². The summed E-state index contributed by atoms with van der Waals surface area (Å²) in [4.78, 5) is 39.4. The molecule has 2 aromatic rings. The maximum absolute atomic E-state index is 13.3. The Bertz CT molecular complexity index is 1110. The summed E-state index contributed by atoms with van der Waals surface area (Å²) in [6.45, 7) is 0.195. The molecule has 0 aromatic heterocycles. The summed E-state index contributed by atoms with van der Waals surface area (Å²) in [7, 11) is 0. The number of aliphatic carboxylic acids is 1. The van der Waals surface area contributed by atoms with Crippen molar-refractivity contribution in [2.75, 3.05) is 6.61 Å². The van der Waals surface area contributed by atoms with E-state index in [1.807, 2.05) is 24.3 Å². The number of carboxylic acid groups (broad SMARTS) is 1. The van der Waals surface area contributed by atoms with E-state index in [0.29, 0.717) is 25.7 Å². The topological polar surface area (TPSA) is 95.9 Å². The molecule has 2 amide bonds. The molecule has 0 unspecified atom stereocenters. The normalized spacial score (nSPS) is 25.9. The highest BCUT2D eigenvalue weighted by atomic mass is 16.5. The molecular weight excluding hydrogens is 420 g/mol. The van der Waals surface area contributed by atoms with Crippen LogP contribution in [0, 0.1) is 5.92 Å². The molecule has 1 saturated carbocycles. The van der Waals surface area contributed by atoms with Crippen LogP contribution in [0.3, 0.4) is 0 Å². The van der Waals surface area contributed by atoms with E-state index in [9.17, 15) is 19.5 Å². The lowest BCUT2D eigenvalue weighted by atomic mass is 9.89. The third kappa shape index (κ3) is 3.13. The number of carboxylic acids is 1. The van der Waals surface area contributed by atoms with Gasteiger partial charge in [0.15, 0.2) is 0 Å². The molecule has 6 rings (SSSR count). The van der Waals surface area contributed by atoms with E-state index < -0.39 is 23.5 Å². The highest BCUT2D eigenvalue weighted by molar-refractivity contribution is 5.94. The third-order valence-electron chi connectivity index (χ3n) is 7.93. The van der Waals surface area contributed by atoms with E-state index in [-0.39, 0.29) is 30.5 Å². The van der Waals surface area contributed by atoms with Gasteiger partial charge in [0.1, 0.15) is 12.1 Å². The van der Waals surface area contributed by atoms with E-state index in [1.165, 1.54) is 0 Å². The van der Waals surface area contributed by atoms with Crippen molar-refractivity contribution < 1.29 is 24.2 Å². The van der Waals surface area contributed by atoms with Crippen molar-refractivity contribution in [3.05, 3.63) is 59.7 Å². The van der Waals surface area contributed by atoms with Gasteiger partial charge in [-0.15, -0.1) is 0 Å². The zero-order valence-corrected chi connectivity index (χ0v) is 18.2. The number of carbonyl (C=O) groups excluding carboxylic acids is 2. The molecule has 3 fully saturated rings. The van der Waals surface area contributed by atoms with Crippen molar-refractivity contribution in [3.8, 4) is 11.1 Å². The highest BCUT2D eigenvalue weighted by Crippen LogP contribution is 2.47. The van der Waals surface area contributed by atoms with E-state index in [0.717, 1.165) is 28.7 Å². The van der Waals surface area contributed by atoms with Gasteiger partial charge in [0.25, 0.3) is 0 Å². The number of nitrogens with one attached hydrogen (secondary N) is 1. The van der Waals surface area contributed by atoms with E-state index in [2.05, 4.69) is 29.6 Å². The second-order valence-electron chi connectivity index (χ2n) is 9.72. The van der Waals surface area contributed by atoms with Crippen molar-refractivity contribution in [1.82, 2.24) is 10.2 Å². The monoisotopic (exact) mass is 446 g/mol. The van der Waals surface area contributed by atoms with Crippen LogP contribution in [-0.4, -0.2) is 52.2 Å². The molecule has 2 aromatic carbocycles. The quantitative estimate of drug-likeness (QED) is 0.733. The Morgan fingerprint density at radius 2 is 1.64 bits per heavy atom. The number of amides is 2. The molecule has 2 N–H and O–H groups in total. The van der Waals surface area contributed by atoms with Gasteiger partial charge in [0.05, 0.1) is 5.92 Å². The minimum Gasteiger partial charge on any atom is -0.481 e. The van der Waals surface area contributed by atoms with Gasteiger partial charge in [-0.05, 0) is 54.4 Å². The fraction of sp³-hybridized carbons (Fsp3) is 0.423. The predicted octanol–water partition coefficient (Wildman–Crippen LogP) is 3.52. The van der Waals surface area contributed by atoms with Gasteiger partial charge in [-0.3, -0.25) is 9.59 Å². The van der Waals surface area contributed by atoms with Gasteiger partial charge < -0.3 is 20.1 Å². The summed E-state index contributed by atoms with van der Waals surface area (Å²) in [6, 6.07) is 16.0. The summed E-state index contributed by atoms with van der Waals surface area (Å²) in [5.41, 5.74) is 3.65.